The third kappa shape index (κ3) is 5.86. The van der Waals surface area contributed by atoms with Crippen molar-refractivity contribution in [1.82, 2.24) is 4.31 Å². The SMILES string of the molecule is Cc1cc(C)cc([C@H](c2ccccc2P(c2ccccc2)c2ccccc2)N(C)S(=O)C(C)(C)C)c1. The van der Waals surface area contributed by atoms with E-state index < -0.39 is 18.9 Å². The molecule has 0 fully saturated rings. The van der Waals surface area contributed by atoms with Gasteiger partial charge in [-0.3, -0.25) is 0 Å². The Balaban J connectivity index is 1.98. The molecule has 4 rings (SSSR count). The smallest absolute Gasteiger partial charge is 0.100 e. The summed E-state index contributed by atoms with van der Waals surface area (Å²) in [6.07, 6.45) is 0. The first-order valence-electron chi connectivity index (χ1n) is 12.4. The summed E-state index contributed by atoms with van der Waals surface area (Å²) in [5.41, 5.74) is 4.82. The van der Waals surface area contributed by atoms with E-state index in [0.29, 0.717) is 0 Å². The van der Waals surface area contributed by atoms with Crippen LogP contribution in [0.4, 0.5) is 0 Å². The van der Waals surface area contributed by atoms with Crippen molar-refractivity contribution in [3.8, 4) is 0 Å². The summed E-state index contributed by atoms with van der Waals surface area (Å²) in [5.74, 6) is 0. The molecule has 0 saturated carbocycles. The standard InChI is InChI=1S/C32H36NOPS/c1-24-21-25(2)23-26(22-24)31(33(6)36(34)32(3,4)5)29-19-13-14-20-30(29)35(27-15-9-7-10-16-27)28-17-11-8-12-18-28/h7-23,31H,1-6H3/t31-,36?/m1/s1. The predicted octanol–water partition coefficient (Wildman–Crippen LogP) is 6.55. The quantitative estimate of drug-likeness (QED) is 0.257. The Morgan fingerprint density at radius 3 is 1.69 bits per heavy atom. The molecule has 0 amide bonds. The minimum Gasteiger partial charge on any atom is -0.242 e. The van der Waals surface area contributed by atoms with E-state index in [-0.39, 0.29) is 10.8 Å². The molecule has 0 bridgehead atoms. The van der Waals surface area contributed by atoms with Crippen molar-refractivity contribution in [2.24, 2.45) is 0 Å². The Bertz CT molecular complexity index is 1270. The van der Waals surface area contributed by atoms with Gasteiger partial charge in [-0.25, -0.2) is 8.51 Å². The highest BCUT2D eigenvalue weighted by atomic mass is 32.2. The molecule has 4 aromatic carbocycles. The normalized spacial score (nSPS) is 13.7. The fourth-order valence-electron chi connectivity index (χ4n) is 4.78. The molecule has 0 heterocycles. The van der Waals surface area contributed by atoms with Crippen molar-refractivity contribution in [3.05, 3.63) is 125 Å². The van der Waals surface area contributed by atoms with Crippen LogP contribution in [-0.2, 0) is 11.0 Å². The fraction of sp³-hybridized carbons (Fsp3) is 0.250. The molecule has 0 spiro atoms. The second kappa shape index (κ2) is 11.2. The molecule has 2 atom stereocenters. The summed E-state index contributed by atoms with van der Waals surface area (Å²) >= 11 is 0. The van der Waals surface area contributed by atoms with Crippen molar-refractivity contribution in [3.63, 3.8) is 0 Å². The minimum absolute atomic E-state index is 0.141. The van der Waals surface area contributed by atoms with Crippen molar-refractivity contribution >= 4 is 34.8 Å². The molecule has 4 heteroatoms. The van der Waals surface area contributed by atoms with E-state index in [1.807, 2.05) is 27.8 Å². The van der Waals surface area contributed by atoms with Crippen molar-refractivity contribution in [2.75, 3.05) is 7.05 Å². The van der Waals surface area contributed by atoms with E-state index in [9.17, 15) is 4.21 Å². The van der Waals surface area contributed by atoms with Gasteiger partial charge in [0.15, 0.2) is 0 Å². The van der Waals surface area contributed by atoms with Crippen LogP contribution >= 0.6 is 7.92 Å². The topological polar surface area (TPSA) is 20.3 Å². The molecule has 0 saturated heterocycles. The molecule has 0 aliphatic heterocycles. The lowest BCUT2D eigenvalue weighted by molar-refractivity contribution is 0.441. The van der Waals surface area contributed by atoms with Crippen molar-refractivity contribution in [2.45, 2.75) is 45.4 Å². The van der Waals surface area contributed by atoms with Crippen LogP contribution in [0.3, 0.4) is 0 Å². The Kier molecular flexibility index (Phi) is 8.25. The van der Waals surface area contributed by atoms with Gasteiger partial charge in [-0.2, -0.15) is 0 Å². The third-order valence-corrected chi connectivity index (χ3v) is 10.5. The number of hydrogen-bond donors (Lipinski definition) is 0. The fourth-order valence-corrected chi connectivity index (χ4v) is 8.56. The van der Waals surface area contributed by atoms with Gasteiger partial charge >= 0.3 is 0 Å². The molecular weight excluding hydrogens is 477 g/mol. The average molecular weight is 514 g/mol. The molecule has 186 valence electrons. The Hall–Kier alpha value is -2.58. The van der Waals surface area contributed by atoms with Gasteiger partial charge in [-0.05, 0) is 69.6 Å². The second-order valence-electron chi connectivity index (χ2n) is 10.3. The van der Waals surface area contributed by atoms with E-state index in [1.165, 1.54) is 38.2 Å². The van der Waals surface area contributed by atoms with Crippen molar-refractivity contribution < 1.29 is 4.21 Å². The van der Waals surface area contributed by atoms with Gasteiger partial charge in [0.2, 0.25) is 0 Å². The zero-order valence-corrected chi connectivity index (χ0v) is 23.8. The van der Waals surface area contributed by atoms with E-state index in [0.717, 1.165) is 0 Å². The minimum atomic E-state index is -1.20. The monoisotopic (exact) mass is 513 g/mol. The van der Waals surface area contributed by atoms with E-state index in [1.54, 1.807) is 0 Å². The highest BCUT2D eigenvalue weighted by Gasteiger charge is 2.33. The Morgan fingerprint density at radius 2 is 1.19 bits per heavy atom. The van der Waals surface area contributed by atoms with Gasteiger partial charge in [0.25, 0.3) is 0 Å². The summed E-state index contributed by atoms with van der Waals surface area (Å²) in [6.45, 7) is 10.4. The van der Waals surface area contributed by atoms with Crippen molar-refractivity contribution in [1.29, 1.82) is 0 Å². The molecule has 0 aliphatic rings. The van der Waals surface area contributed by atoms with Crippen LogP contribution in [0, 0.1) is 13.8 Å². The maximum absolute atomic E-state index is 13.8. The number of aryl methyl sites for hydroxylation is 2. The molecule has 0 N–H and O–H groups in total. The van der Waals surface area contributed by atoms with Crippen LogP contribution in [0.15, 0.2) is 103 Å². The maximum atomic E-state index is 13.8. The third-order valence-electron chi connectivity index (χ3n) is 6.21. The largest absolute Gasteiger partial charge is 0.242 e. The van der Waals surface area contributed by atoms with Crippen LogP contribution in [-0.4, -0.2) is 20.3 Å². The lowest BCUT2D eigenvalue weighted by atomic mass is 9.95. The predicted molar refractivity (Wildman–Crippen MR) is 159 cm³/mol. The van der Waals surface area contributed by atoms with Gasteiger partial charge in [-0.15, -0.1) is 0 Å². The first-order chi connectivity index (χ1) is 17.2. The molecule has 4 aromatic rings. The van der Waals surface area contributed by atoms with Gasteiger partial charge in [0.05, 0.1) is 10.8 Å². The summed E-state index contributed by atoms with van der Waals surface area (Å²) < 4.78 is 15.5. The molecule has 1 unspecified atom stereocenters. The van der Waals surface area contributed by atoms with Gasteiger partial charge < -0.3 is 0 Å². The van der Waals surface area contributed by atoms with Crippen LogP contribution in [0.1, 0.15) is 49.1 Å². The van der Waals surface area contributed by atoms with Crippen LogP contribution < -0.4 is 15.9 Å². The molecular formula is C32H36NOPS. The van der Waals surface area contributed by atoms with Gasteiger partial charge in [-0.1, -0.05) is 114 Å². The number of nitrogens with zero attached hydrogens (tertiary/aromatic N) is 1. The maximum Gasteiger partial charge on any atom is 0.100 e. The second-order valence-corrected chi connectivity index (χ2v) is 14.8. The zero-order valence-electron chi connectivity index (χ0n) is 22.1. The Labute approximate surface area is 220 Å². The van der Waals surface area contributed by atoms with Gasteiger partial charge in [0, 0.05) is 7.05 Å². The first-order valence-corrected chi connectivity index (χ1v) is 14.8. The van der Waals surface area contributed by atoms with E-state index in [2.05, 4.69) is 121 Å². The number of rotatable bonds is 7. The molecule has 0 aliphatic carbocycles. The number of benzene rings is 4. The Morgan fingerprint density at radius 1 is 0.722 bits per heavy atom. The zero-order chi connectivity index (χ0) is 25.9. The molecule has 2 nitrogen and oxygen atoms in total. The highest BCUT2D eigenvalue weighted by Crippen LogP contribution is 2.39. The summed E-state index contributed by atoms with van der Waals surface area (Å²) in [4.78, 5) is 0. The van der Waals surface area contributed by atoms with E-state index >= 15 is 0 Å². The summed E-state index contributed by atoms with van der Waals surface area (Å²) in [5, 5.41) is 3.92. The molecule has 0 aromatic heterocycles. The lowest BCUT2D eigenvalue weighted by Crippen LogP contribution is -2.39. The molecule has 36 heavy (non-hydrogen) atoms. The molecule has 0 radical (unpaired) electrons. The number of hydrogen-bond acceptors (Lipinski definition) is 1. The average Bonchev–Trinajstić information content (AvgIpc) is 2.85. The first kappa shape index (κ1) is 26.5. The van der Waals surface area contributed by atoms with Gasteiger partial charge in [0.1, 0.15) is 11.0 Å². The van der Waals surface area contributed by atoms with Crippen LogP contribution in [0.25, 0.3) is 0 Å². The van der Waals surface area contributed by atoms with Crippen LogP contribution in [0.5, 0.6) is 0 Å². The summed E-state index contributed by atoms with van der Waals surface area (Å²) in [6, 6.07) is 36.9. The highest BCUT2D eigenvalue weighted by molar-refractivity contribution is 7.84. The summed E-state index contributed by atoms with van der Waals surface area (Å²) in [7, 11) is 0.00872. The van der Waals surface area contributed by atoms with Crippen LogP contribution in [0.2, 0.25) is 0 Å². The lowest BCUT2D eigenvalue weighted by Gasteiger charge is -2.35. The van der Waals surface area contributed by atoms with E-state index in [4.69, 9.17) is 0 Å².